The first kappa shape index (κ1) is 14.7. The summed E-state index contributed by atoms with van der Waals surface area (Å²) in [5.74, 6) is 0. The Balaban J connectivity index is 1.73. The summed E-state index contributed by atoms with van der Waals surface area (Å²) in [7, 11) is 0. The first-order valence-electron chi connectivity index (χ1n) is 7.14. The minimum atomic E-state index is 0.660. The van der Waals surface area contributed by atoms with Gasteiger partial charge in [-0.25, -0.2) is 0 Å². The average molecular weight is 270 g/mol. The van der Waals surface area contributed by atoms with E-state index in [0.29, 0.717) is 13.2 Å². The third-order valence-corrected chi connectivity index (χ3v) is 3.07. The number of nitrogens with zero attached hydrogens (tertiary/aromatic N) is 1. The van der Waals surface area contributed by atoms with E-state index >= 15 is 0 Å². The zero-order chi connectivity index (χ0) is 14.0. The van der Waals surface area contributed by atoms with Crippen LogP contribution in [0.3, 0.4) is 0 Å². The van der Waals surface area contributed by atoms with E-state index in [9.17, 15) is 0 Å². The molecule has 0 spiro atoms. The zero-order valence-corrected chi connectivity index (χ0v) is 12.0. The molecule has 0 aliphatic heterocycles. The van der Waals surface area contributed by atoms with Crippen molar-refractivity contribution >= 4 is 0 Å². The lowest BCUT2D eigenvalue weighted by atomic mass is 10.1. The molecule has 3 nitrogen and oxygen atoms in total. The molecule has 1 aromatic heterocycles. The predicted molar refractivity (Wildman–Crippen MR) is 81.4 cm³/mol. The van der Waals surface area contributed by atoms with Crippen LogP contribution in [0.25, 0.3) is 0 Å². The number of benzene rings is 1. The zero-order valence-electron chi connectivity index (χ0n) is 12.0. The van der Waals surface area contributed by atoms with Crippen LogP contribution in [0.1, 0.15) is 23.7 Å². The van der Waals surface area contributed by atoms with Crippen molar-refractivity contribution in [1.82, 2.24) is 10.3 Å². The highest BCUT2D eigenvalue weighted by molar-refractivity contribution is 5.22. The molecule has 0 aliphatic rings. The number of rotatable bonds is 8. The van der Waals surface area contributed by atoms with Gasteiger partial charge in [-0.2, -0.15) is 0 Å². The highest BCUT2D eigenvalue weighted by Crippen LogP contribution is 2.07. The lowest BCUT2D eigenvalue weighted by Gasteiger charge is -2.07. The number of ether oxygens (including phenoxy) is 1. The maximum atomic E-state index is 5.72. The van der Waals surface area contributed by atoms with Gasteiger partial charge in [-0.15, -0.1) is 0 Å². The Morgan fingerprint density at radius 3 is 2.80 bits per heavy atom. The fraction of sp³-hybridized carbons (Fsp3) is 0.353. The molecule has 0 amide bonds. The van der Waals surface area contributed by atoms with Crippen LogP contribution < -0.4 is 5.32 Å². The van der Waals surface area contributed by atoms with Gasteiger partial charge >= 0.3 is 0 Å². The molecule has 3 heteroatoms. The summed E-state index contributed by atoms with van der Waals surface area (Å²) in [6.45, 7) is 5.38. The van der Waals surface area contributed by atoms with E-state index in [1.54, 1.807) is 0 Å². The van der Waals surface area contributed by atoms with E-state index in [4.69, 9.17) is 4.74 Å². The van der Waals surface area contributed by atoms with E-state index in [1.807, 2.05) is 24.4 Å². The summed E-state index contributed by atoms with van der Waals surface area (Å²) in [6, 6.07) is 14.5. The van der Waals surface area contributed by atoms with Crippen molar-refractivity contribution in [2.45, 2.75) is 26.5 Å². The van der Waals surface area contributed by atoms with E-state index in [2.05, 4.69) is 41.5 Å². The third kappa shape index (κ3) is 5.11. The Morgan fingerprint density at radius 1 is 1.10 bits per heavy atom. The molecular formula is C17H22N2O. The van der Waals surface area contributed by atoms with Crippen LogP contribution in [0, 0.1) is 0 Å². The molecule has 106 valence electrons. The second-order valence-electron chi connectivity index (χ2n) is 4.72. The predicted octanol–water partition coefficient (Wildman–Crippen LogP) is 2.95. The van der Waals surface area contributed by atoms with Crippen LogP contribution in [0.2, 0.25) is 0 Å². The van der Waals surface area contributed by atoms with Crippen molar-refractivity contribution in [1.29, 1.82) is 0 Å². The topological polar surface area (TPSA) is 34.1 Å². The maximum absolute atomic E-state index is 5.72. The van der Waals surface area contributed by atoms with Gasteiger partial charge in [0.15, 0.2) is 0 Å². The van der Waals surface area contributed by atoms with Crippen molar-refractivity contribution in [2.75, 3.05) is 13.2 Å². The van der Waals surface area contributed by atoms with E-state index in [0.717, 1.165) is 25.2 Å². The summed E-state index contributed by atoms with van der Waals surface area (Å²) < 4.78 is 5.72. The molecule has 0 saturated carbocycles. The average Bonchev–Trinajstić information content (AvgIpc) is 2.51. The fourth-order valence-corrected chi connectivity index (χ4v) is 2.01. The van der Waals surface area contributed by atoms with Crippen LogP contribution in [-0.2, 0) is 24.3 Å². The number of aromatic nitrogens is 1. The Morgan fingerprint density at radius 2 is 2.00 bits per heavy atom. The summed E-state index contributed by atoms with van der Waals surface area (Å²) >= 11 is 0. The van der Waals surface area contributed by atoms with Crippen LogP contribution in [0.4, 0.5) is 0 Å². The summed E-state index contributed by atoms with van der Waals surface area (Å²) in [6.07, 6.45) is 2.68. The van der Waals surface area contributed by atoms with Gasteiger partial charge in [0.1, 0.15) is 0 Å². The largest absolute Gasteiger partial charge is 0.376 e. The molecule has 0 atom stereocenters. The minimum Gasteiger partial charge on any atom is -0.376 e. The van der Waals surface area contributed by atoms with E-state index < -0.39 is 0 Å². The van der Waals surface area contributed by atoms with Gasteiger partial charge in [-0.05, 0) is 29.8 Å². The van der Waals surface area contributed by atoms with Crippen molar-refractivity contribution in [2.24, 2.45) is 0 Å². The van der Waals surface area contributed by atoms with Gasteiger partial charge in [-0.3, -0.25) is 4.98 Å². The molecular weight excluding hydrogens is 248 g/mol. The second-order valence-corrected chi connectivity index (χ2v) is 4.72. The molecule has 0 unspecified atom stereocenters. The van der Waals surface area contributed by atoms with Crippen molar-refractivity contribution in [3.8, 4) is 0 Å². The molecule has 0 fully saturated rings. The minimum absolute atomic E-state index is 0.660. The van der Waals surface area contributed by atoms with E-state index in [1.165, 1.54) is 11.1 Å². The second kappa shape index (κ2) is 8.46. The fourth-order valence-electron chi connectivity index (χ4n) is 2.01. The molecule has 2 aromatic rings. The Hall–Kier alpha value is -1.71. The first-order chi connectivity index (χ1) is 9.88. The first-order valence-corrected chi connectivity index (χ1v) is 7.14. The molecule has 0 radical (unpaired) electrons. The number of hydrogen-bond donors (Lipinski definition) is 1. The molecule has 1 heterocycles. The number of nitrogens with one attached hydrogen (secondary N) is 1. The number of hydrogen-bond acceptors (Lipinski definition) is 3. The molecule has 0 aliphatic carbocycles. The summed E-state index contributed by atoms with van der Waals surface area (Å²) in [4.78, 5) is 4.28. The summed E-state index contributed by atoms with van der Waals surface area (Å²) in [5, 5.41) is 3.33. The van der Waals surface area contributed by atoms with Gasteiger partial charge in [-0.1, -0.05) is 37.3 Å². The van der Waals surface area contributed by atoms with Crippen LogP contribution in [-0.4, -0.2) is 18.1 Å². The van der Waals surface area contributed by atoms with Crippen LogP contribution in [0.5, 0.6) is 0 Å². The Labute approximate surface area is 121 Å². The van der Waals surface area contributed by atoms with Gasteiger partial charge in [0.2, 0.25) is 0 Å². The highest BCUT2D eigenvalue weighted by atomic mass is 16.5. The lowest BCUT2D eigenvalue weighted by Crippen LogP contribution is -2.11. The van der Waals surface area contributed by atoms with Gasteiger partial charge in [0.05, 0.1) is 13.2 Å². The lowest BCUT2D eigenvalue weighted by molar-refractivity contribution is 0.123. The maximum Gasteiger partial charge on any atom is 0.0717 e. The standard InChI is InChI=1S/C17H22N2O/c1-2-18-13-15-6-5-7-16(12-15)14-20-11-9-17-8-3-4-10-19-17/h3-8,10,12,18H,2,9,11,13-14H2,1H3. The number of pyridine rings is 1. The molecule has 0 bridgehead atoms. The highest BCUT2D eigenvalue weighted by Gasteiger charge is 1.98. The van der Waals surface area contributed by atoms with Crippen LogP contribution >= 0.6 is 0 Å². The monoisotopic (exact) mass is 270 g/mol. The molecule has 0 saturated heterocycles. The molecule has 2 rings (SSSR count). The van der Waals surface area contributed by atoms with Gasteiger partial charge < -0.3 is 10.1 Å². The SMILES string of the molecule is CCNCc1cccc(COCCc2ccccn2)c1. The molecule has 1 N–H and O–H groups in total. The Kier molecular flexibility index (Phi) is 6.21. The van der Waals surface area contributed by atoms with Crippen LogP contribution in [0.15, 0.2) is 48.7 Å². The normalized spacial score (nSPS) is 10.7. The van der Waals surface area contributed by atoms with E-state index in [-0.39, 0.29) is 0 Å². The van der Waals surface area contributed by atoms with Crippen molar-refractivity contribution in [3.63, 3.8) is 0 Å². The Bertz CT molecular complexity index is 499. The quantitative estimate of drug-likeness (QED) is 0.749. The molecule has 20 heavy (non-hydrogen) atoms. The van der Waals surface area contributed by atoms with Crippen molar-refractivity contribution in [3.05, 3.63) is 65.5 Å². The van der Waals surface area contributed by atoms with Gasteiger partial charge in [0, 0.05) is 24.9 Å². The molecule has 1 aromatic carbocycles. The van der Waals surface area contributed by atoms with Crippen molar-refractivity contribution < 1.29 is 4.74 Å². The van der Waals surface area contributed by atoms with Gasteiger partial charge in [0.25, 0.3) is 0 Å². The third-order valence-electron chi connectivity index (χ3n) is 3.07. The smallest absolute Gasteiger partial charge is 0.0717 e. The summed E-state index contributed by atoms with van der Waals surface area (Å²) in [5.41, 5.74) is 3.60.